The predicted octanol–water partition coefficient (Wildman–Crippen LogP) is 3.10. The highest BCUT2D eigenvalue weighted by atomic mass is 35.5. The lowest BCUT2D eigenvalue weighted by Crippen LogP contribution is -2.49. The molecule has 0 spiro atoms. The first-order chi connectivity index (χ1) is 11.2. The van der Waals surface area contributed by atoms with Crippen LogP contribution in [0.15, 0.2) is 24.3 Å². The number of carbonyl (C=O) groups is 1. The van der Waals surface area contributed by atoms with Gasteiger partial charge >= 0.3 is 6.03 Å². The van der Waals surface area contributed by atoms with Gasteiger partial charge in [0.1, 0.15) is 0 Å². The number of nitrogens with zero attached hydrogens (tertiary/aromatic N) is 1. The number of benzene rings is 1. The molecule has 3 rings (SSSR count). The van der Waals surface area contributed by atoms with Gasteiger partial charge in [0.15, 0.2) is 0 Å². The van der Waals surface area contributed by atoms with Gasteiger partial charge in [0.05, 0.1) is 0 Å². The Labute approximate surface area is 142 Å². The van der Waals surface area contributed by atoms with Crippen LogP contribution in [0.25, 0.3) is 0 Å². The zero-order chi connectivity index (χ0) is 16.1. The first kappa shape index (κ1) is 16.6. The molecule has 0 unspecified atom stereocenters. The zero-order valence-corrected chi connectivity index (χ0v) is 14.0. The number of urea groups is 1. The van der Waals surface area contributed by atoms with Crippen LogP contribution >= 0.6 is 11.6 Å². The van der Waals surface area contributed by atoms with Crippen LogP contribution in [0.1, 0.15) is 25.7 Å². The second kappa shape index (κ2) is 7.99. The second-order valence-electron chi connectivity index (χ2n) is 6.26. The molecule has 23 heavy (non-hydrogen) atoms. The lowest BCUT2D eigenvalue weighted by atomic mass is 10.00. The fourth-order valence-corrected chi connectivity index (χ4v) is 3.47. The van der Waals surface area contributed by atoms with Crippen molar-refractivity contribution in [3.63, 3.8) is 0 Å². The number of likely N-dealkylation sites (tertiary alicyclic amines) is 1. The lowest BCUT2D eigenvalue weighted by molar-refractivity contribution is 0.0244. The maximum atomic E-state index is 12.1. The van der Waals surface area contributed by atoms with Crippen LogP contribution in [-0.4, -0.2) is 49.3 Å². The summed E-state index contributed by atoms with van der Waals surface area (Å²) >= 11 is 5.84. The first-order valence-electron chi connectivity index (χ1n) is 8.35. The number of nitrogens with one attached hydrogen (secondary N) is 2. The van der Waals surface area contributed by atoms with Gasteiger partial charge in [0, 0.05) is 49.1 Å². The molecule has 0 saturated carbocycles. The summed E-state index contributed by atoms with van der Waals surface area (Å²) in [5.41, 5.74) is 0.756. The molecule has 0 atom stereocenters. The maximum absolute atomic E-state index is 12.1. The molecule has 1 aromatic rings. The molecule has 2 N–H and O–H groups in total. The molecule has 0 aromatic heterocycles. The van der Waals surface area contributed by atoms with Crippen LogP contribution in [0.2, 0.25) is 5.02 Å². The third-order valence-electron chi connectivity index (χ3n) is 4.67. The minimum atomic E-state index is -0.142. The van der Waals surface area contributed by atoms with E-state index in [0.29, 0.717) is 11.1 Å². The number of carbonyl (C=O) groups excluding carboxylic acids is 1. The van der Waals surface area contributed by atoms with E-state index in [4.69, 9.17) is 16.3 Å². The molecule has 2 aliphatic rings. The monoisotopic (exact) mass is 337 g/mol. The standard InChI is InChI=1S/C17H24ClN3O2/c18-13-1-3-14(4-2-13)19-17(22)20-15-5-9-21(10-6-15)16-7-11-23-12-8-16/h1-4,15-16H,5-12H2,(H2,19,20,22). The van der Waals surface area contributed by atoms with Gasteiger partial charge in [-0.3, -0.25) is 0 Å². The first-order valence-corrected chi connectivity index (χ1v) is 8.73. The van der Waals surface area contributed by atoms with Gasteiger partial charge in [-0.15, -0.1) is 0 Å². The number of rotatable bonds is 3. The van der Waals surface area contributed by atoms with E-state index < -0.39 is 0 Å². The topological polar surface area (TPSA) is 53.6 Å². The smallest absolute Gasteiger partial charge is 0.319 e. The Hall–Kier alpha value is -1.30. The third-order valence-corrected chi connectivity index (χ3v) is 4.93. The number of piperidine rings is 1. The summed E-state index contributed by atoms with van der Waals surface area (Å²) in [6, 6.07) is 7.90. The molecule has 2 amide bonds. The quantitative estimate of drug-likeness (QED) is 0.891. The van der Waals surface area contributed by atoms with E-state index >= 15 is 0 Å². The van der Waals surface area contributed by atoms with Crippen molar-refractivity contribution in [1.29, 1.82) is 0 Å². The Morgan fingerprint density at radius 2 is 1.74 bits per heavy atom. The summed E-state index contributed by atoms with van der Waals surface area (Å²) in [7, 11) is 0. The van der Waals surface area contributed by atoms with Crippen molar-refractivity contribution in [1.82, 2.24) is 10.2 Å². The predicted molar refractivity (Wildman–Crippen MR) is 92.0 cm³/mol. The van der Waals surface area contributed by atoms with Crippen molar-refractivity contribution in [3.8, 4) is 0 Å². The molecule has 0 bridgehead atoms. The van der Waals surface area contributed by atoms with Crippen molar-refractivity contribution >= 4 is 23.3 Å². The Morgan fingerprint density at radius 1 is 1.09 bits per heavy atom. The van der Waals surface area contributed by atoms with E-state index in [9.17, 15) is 4.79 Å². The molecule has 2 aliphatic heterocycles. The van der Waals surface area contributed by atoms with Crippen LogP contribution in [0.4, 0.5) is 10.5 Å². The highest BCUT2D eigenvalue weighted by Gasteiger charge is 2.27. The van der Waals surface area contributed by atoms with E-state index in [1.807, 2.05) is 0 Å². The molecule has 2 heterocycles. The second-order valence-corrected chi connectivity index (χ2v) is 6.70. The van der Waals surface area contributed by atoms with Gasteiger partial charge in [-0.05, 0) is 49.9 Å². The van der Waals surface area contributed by atoms with Crippen molar-refractivity contribution in [3.05, 3.63) is 29.3 Å². The van der Waals surface area contributed by atoms with Crippen molar-refractivity contribution in [2.75, 3.05) is 31.6 Å². The van der Waals surface area contributed by atoms with E-state index in [1.165, 1.54) is 0 Å². The minimum Gasteiger partial charge on any atom is -0.381 e. The number of hydrogen-bond acceptors (Lipinski definition) is 3. The number of halogens is 1. The molecular formula is C17H24ClN3O2. The van der Waals surface area contributed by atoms with Crippen molar-refractivity contribution in [2.24, 2.45) is 0 Å². The molecule has 5 nitrogen and oxygen atoms in total. The summed E-state index contributed by atoms with van der Waals surface area (Å²) in [6.07, 6.45) is 4.28. The van der Waals surface area contributed by atoms with Gasteiger partial charge in [-0.25, -0.2) is 4.79 Å². The van der Waals surface area contributed by atoms with Crippen LogP contribution in [0.3, 0.4) is 0 Å². The van der Waals surface area contributed by atoms with Gasteiger partial charge in [0.25, 0.3) is 0 Å². The Bertz CT molecular complexity index is 509. The van der Waals surface area contributed by atoms with E-state index in [2.05, 4.69) is 15.5 Å². The minimum absolute atomic E-state index is 0.142. The molecule has 6 heteroatoms. The largest absolute Gasteiger partial charge is 0.381 e. The number of amides is 2. The van der Waals surface area contributed by atoms with Crippen molar-refractivity contribution in [2.45, 2.75) is 37.8 Å². The summed E-state index contributed by atoms with van der Waals surface area (Å²) in [4.78, 5) is 14.6. The molecule has 0 radical (unpaired) electrons. The average Bonchev–Trinajstić information content (AvgIpc) is 2.58. The van der Waals surface area contributed by atoms with Crippen molar-refractivity contribution < 1.29 is 9.53 Å². The van der Waals surface area contributed by atoms with E-state index in [0.717, 1.165) is 57.7 Å². The molecule has 2 saturated heterocycles. The molecular weight excluding hydrogens is 314 g/mol. The van der Waals surface area contributed by atoms with Crippen LogP contribution in [0, 0.1) is 0 Å². The van der Waals surface area contributed by atoms with Gasteiger partial charge in [-0.2, -0.15) is 0 Å². The SMILES string of the molecule is O=C(Nc1ccc(Cl)cc1)NC1CCN(C2CCOCC2)CC1. The van der Waals surface area contributed by atoms with Crippen LogP contribution < -0.4 is 10.6 Å². The molecule has 0 aliphatic carbocycles. The fraction of sp³-hybridized carbons (Fsp3) is 0.588. The highest BCUT2D eigenvalue weighted by Crippen LogP contribution is 2.20. The van der Waals surface area contributed by atoms with E-state index in [1.54, 1.807) is 24.3 Å². The third kappa shape index (κ3) is 4.83. The Kier molecular flexibility index (Phi) is 5.75. The lowest BCUT2D eigenvalue weighted by Gasteiger charge is -2.39. The summed E-state index contributed by atoms with van der Waals surface area (Å²) in [5, 5.41) is 6.59. The molecule has 2 fully saturated rings. The van der Waals surface area contributed by atoms with Crippen LogP contribution in [-0.2, 0) is 4.74 Å². The summed E-state index contributed by atoms with van der Waals surface area (Å²) in [6.45, 7) is 3.87. The number of ether oxygens (including phenoxy) is 1. The summed E-state index contributed by atoms with van der Waals surface area (Å²) in [5.74, 6) is 0. The van der Waals surface area contributed by atoms with Gasteiger partial charge < -0.3 is 20.3 Å². The van der Waals surface area contributed by atoms with Crippen LogP contribution in [0.5, 0.6) is 0 Å². The zero-order valence-electron chi connectivity index (χ0n) is 13.3. The van der Waals surface area contributed by atoms with Gasteiger partial charge in [0.2, 0.25) is 0 Å². The fourth-order valence-electron chi connectivity index (χ4n) is 3.35. The maximum Gasteiger partial charge on any atom is 0.319 e. The molecule has 1 aromatic carbocycles. The Morgan fingerprint density at radius 3 is 2.39 bits per heavy atom. The Balaban J connectivity index is 1.41. The highest BCUT2D eigenvalue weighted by molar-refractivity contribution is 6.30. The van der Waals surface area contributed by atoms with Gasteiger partial charge in [-0.1, -0.05) is 11.6 Å². The number of anilines is 1. The molecule has 126 valence electrons. The van der Waals surface area contributed by atoms with E-state index in [-0.39, 0.29) is 12.1 Å². The normalized spacial score (nSPS) is 21.1. The number of hydrogen-bond donors (Lipinski definition) is 2. The average molecular weight is 338 g/mol. The summed E-state index contributed by atoms with van der Waals surface area (Å²) < 4.78 is 5.43.